The molecule has 0 aliphatic carbocycles. The van der Waals surface area contributed by atoms with Crippen LogP contribution in [0.3, 0.4) is 0 Å². The van der Waals surface area contributed by atoms with Gasteiger partial charge >= 0.3 is 6.03 Å². The van der Waals surface area contributed by atoms with Gasteiger partial charge in [-0.05, 0) is 51.4 Å². The molecule has 0 bridgehead atoms. The number of pyridine rings is 1. The van der Waals surface area contributed by atoms with E-state index in [1.807, 2.05) is 24.8 Å². The summed E-state index contributed by atoms with van der Waals surface area (Å²) in [7, 11) is 2.11. The maximum atomic E-state index is 12.4. The lowest BCUT2D eigenvalue weighted by molar-refractivity contribution is 0.218. The number of aryl methyl sites for hydroxylation is 2. The number of halogens is 1. The van der Waals surface area contributed by atoms with Crippen molar-refractivity contribution in [2.45, 2.75) is 27.2 Å². The molecule has 0 spiro atoms. The molecule has 1 aromatic rings. The Labute approximate surface area is 137 Å². The average Bonchev–Trinajstić information content (AvgIpc) is 2.91. The SMILES string of the molecule is CCN(C)C[C@@H]1CCN(C(=O)Nc2c(C)cc(C)nc2Cl)C1. The van der Waals surface area contributed by atoms with E-state index in [2.05, 4.69) is 29.2 Å². The third-order valence-electron chi connectivity index (χ3n) is 4.22. The molecule has 1 N–H and O–H groups in total. The van der Waals surface area contributed by atoms with Gasteiger partial charge in [0, 0.05) is 25.3 Å². The van der Waals surface area contributed by atoms with Gasteiger partial charge in [-0.25, -0.2) is 9.78 Å². The van der Waals surface area contributed by atoms with E-state index in [4.69, 9.17) is 11.6 Å². The molecular weight excluding hydrogens is 300 g/mol. The second-order valence-corrected chi connectivity index (χ2v) is 6.49. The van der Waals surface area contributed by atoms with Gasteiger partial charge in [-0.2, -0.15) is 0 Å². The normalized spacial score (nSPS) is 18.1. The summed E-state index contributed by atoms with van der Waals surface area (Å²) < 4.78 is 0. The highest BCUT2D eigenvalue weighted by molar-refractivity contribution is 6.32. The molecule has 0 unspecified atom stereocenters. The van der Waals surface area contributed by atoms with E-state index in [1.165, 1.54) is 0 Å². The second kappa shape index (κ2) is 7.29. The summed E-state index contributed by atoms with van der Waals surface area (Å²) in [6.45, 7) is 9.63. The number of amides is 2. The Hall–Kier alpha value is -1.33. The number of nitrogens with one attached hydrogen (secondary N) is 1. The maximum Gasteiger partial charge on any atom is 0.321 e. The van der Waals surface area contributed by atoms with Crippen molar-refractivity contribution in [3.05, 3.63) is 22.5 Å². The molecule has 122 valence electrons. The summed E-state index contributed by atoms with van der Waals surface area (Å²) in [5, 5.41) is 3.27. The molecule has 2 amide bonds. The van der Waals surface area contributed by atoms with Crippen molar-refractivity contribution in [1.82, 2.24) is 14.8 Å². The van der Waals surface area contributed by atoms with Crippen LogP contribution in [0.15, 0.2) is 6.07 Å². The molecule has 2 rings (SSSR count). The molecule has 0 radical (unpaired) electrons. The number of nitrogens with zero attached hydrogens (tertiary/aromatic N) is 3. The Morgan fingerprint density at radius 1 is 1.55 bits per heavy atom. The minimum atomic E-state index is -0.0858. The number of carbonyl (C=O) groups is 1. The van der Waals surface area contributed by atoms with Crippen LogP contribution in [-0.2, 0) is 0 Å². The maximum absolute atomic E-state index is 12.4. The smallest absolute Gasteiger partial charge is 0.321 e. The number of rotatable bonds is 4. The van der Waals surface area contributed by atoms with E-state index >= 15 is 0 Å². The lowest BCUT2D eigenvalue weighted by Crippen LogP contribution is -2.34. The number of carbonyl (C=O) groups excluding carboxylic acids is 1. The third-order valence-corrected chi connectivity index (χ3v) is 4.49. The average molecular weight is 325 g/mol. The summed E-state index contributed by atoms with van der Waals surface area (Å²) in [6.07, 6.45) is 1.05. The van der Waals surface area contributed by atoms with Crippen LogP contribution in [0.1, 0.15) is 24.6 Å². The van der Waals surface area contributed by atoms with Crippen LogP contribution in [-0.4, -0.2) is 54.0 Å². The fourth-order valence-corrected chi connectivity index (χ4v) is 3.19. The van der Waals surface area contributed by atoms with Gasteiger partial charge in [0.25, 0.3) is 0 Å². The molecule has 22 heavy (non-hydrogen) atoms. The molecule has 5 nitrogen and oxygen atoms in total. The Kier molecular flexibility index (Phi) is 5.64. The van der Waals surface area contributed by atoms with E-state index in [0.29, 0.717) is 16.8 Å². The Bertz CT molecular complexity index is 526. The van der Waals surface area contributed by atoms with Crippen LogP contribution < -0.4 is 5.32 Å². The van der Waals surface area contributed by atoms with Crippen molar-refractivity contribution in [2.75, 3.05) is 38.5 Å². The summed E-state index contributed by atoms with van der Waals surface area (Å²) >= 11 is 6.15. The van der Waals surface area contributed by atoms with Gasteiger partial charge in [0.1, 0.15) is 0 Å². The van der Waals surface area contributed by atoms with Gasteiger partial charge in [0.2, 0.25) is 0 Å². The molecule has 2 heterocycles. The number of urea groups is 1. The fraction of sp³-hybridized carbons (Fsp3) is 0.625. The van der Waals surface area contributed by atoms with Crippen molar-refractivity contribution in [1.29, 1.82) is 0 Å². The number of hydrogen-bond acceptors (Lipinski definition) is 3. The molecule has 0 saturated carbocycles. The van der Waals surface area contributed by atoms with Gasteiger partial charge in [-0.15, -0.1) is 0 Å². The highest BCUT2D eigenvalue weighted by Crippen LogP contribution is 2.26. The van der Waals surface area contributed by atoms with Gasteiger partial charge in [-0.3, -0.25) is 0 Å². The van der Waals surface area contributed by atoms with Crippen LogP contribution in [0.4, 0.5) is 10.5 Å². The highest BCUT2D eigenvalue weighted by atomic mass is 35.5. The quantitative estimate of drug-likeness (QED) is 0.865. The summed E-state index contributed by atoms with van der Waals surface area (Å²) in [4.78, 5) is 20.8. The summed E-state index contributed by atoms with van der Waals surface area (Å²) in [5.74, 6) is 0.545. The molecule has 1 aromatic heterocycles. The van der Waals surface area contributed by atoms with E-state index in [-0.39, 0.29) is 6.03 Å². The Morgan fingerprint density at radius 2 is 2.27 bits per heavy atom. The molecule has 6 heteroatoms. The van der Waals surface area contributed by atoms with E-state index in [1.54, 1.807) is 0 Å². The minimum absolute atomic E-state index is 0.0858. The van der Waals surface area contributed by atoms with E-state index < -0.39 is 0 Å². The number of hydrogen-bond donors (Lipinski definition) is 1. The third kappa shape index (κ3) is 4.11. The van der Waals surface area contributed by atoms with Crippen LogP contribution in [0.25, 0.3) is 0 Å². The zero-order valence-electron chi connectivity index (χ0n) is 13.8. The van der Waals surface area contributed by atoms with Gasteiger partial charge in [0.05, 0.1) is 5.69 Å². The van der Waals surface area contributed by atoms with Crippen LogP contribution >= 0.6 is 11.6 Å². The number of likely N-dealkylation sites (tertiary alicyclic amines) is 1. The van der Waals surface area contributed by atoms with Crippen molar-refractivity contribution in [3.63, 3.8) is 0 Å². The fourth-order valence-electron chi connectivity index (χ4n) is 2.86. The second-order valence-electron chi connectivity index (χ2n) is 6.13. The van der Waals surface area contributed by atoms with Gasteiger partial charge in [0.15, 0.2) is 5.15 Å². The van der Waals surface area contributed by atoms with Crippen molar-refractivity contribution in [2.24, 2.45) is 5.92 Å². The topological polar surface area (TPSA) is 48.5 Å². The predicted molar refractivity (Wildman–Crippen MR) is 90.6 cm³/mol. The van der Waals surface area contributed by atoms with Crippen molar-refractivity contribution >= 4 is 23.3 Å². The van der Waals surface area contributed by atoms with Crippen molar-refractivity contribution < 1.29 is 4.79 Å². The Morgan fingerprint density at radius 3 is 2.91 bits per heavy atom. The lowest BCUT2D eigenvalue weighted by Gasteiger charge is -2.21. The van der Waals surface area contributed by atoms with Crippen LogP contribution in [0.2, 0.25) is 5.15 Å². The zero-order valence-corrected chi connectivity index (χ0v) is 14.6. The first kappa shape index (κ1) is 17.0. The Balaban J connectivity index is 1.96. The largest absolute Gasteiger partial charge is 0.324 e. The summed E-state index contributed by atoms with van der Waals surface area (Å²) in [6, 6.07) is 1.84. The molecule has 0 aromatic carbocycles. The first-order chi connectivity index (χ1) is 10.4. The van der Waals surface area contributed by atoms with E-state index in [9.17, 15) is 4.79 Å². The lowest BCUT2D eigenvalue weighted by atomic mass is 10.1. The van der Waals surface area contributed by atoms with Gasteiger partial charge < -0.3 is 15.1 Å². The standard InChI is InChI=1S/C16H25ClN4O/c1-5-20(4)9-13-6-7-21(10-13)16(22)19-14-11(2)8-12(3)18-15(14)17/h8,13H,5-7,9-10H2,1-4H3,(H,19,22)/t13-/m0/s1. The monoisotopic (exact) mass is 324 g/mol. The first-order valence-electron chi connectivity index (χ1n) is 7.79. The molecule has 1 fully saturated rings. The first-order valence-corrected chi connectivity index (χ1v) is 8.16. The zero-order chi connectivity index (χ0) is 16.3. The van der Waals surface area contributed by atoms with Crippen LogP contribution in [0.5, 0.6) is 0 Å². The molecule has 1 aliphatic heterocycles. The molecule has 1 aliphatic rings. The van der Waals surface area contributed by atoms with Crippen molar-refractivity contribution in [3.8, 4) is 0 Å². The highest BCUT2D eigenvalue weighted by Gasteiger charge is 2.27. The molecular formula is C16H25ClN4O. The number of anilines is 1. The summed E-state index contributed by atoms with van der Waals surface area (Å²) in [5.41, 5.74) is 2.41. The van der Waals surface area contributed by atoms with Gasteiger partial charge in [-0.1, -0.05) is 18.5 Å². The minimum Gasteiger partial charge on any atom is -0.324 e. The molecule has 1 atom stereocenters. The van der Waals surface area contributed by atoms with E-state index in [0.717, 1.165) is 43.9 Å². The van der Waals surface area contributed by atoms with Crippen LogP contribution in [0, 0.1) is 19.8 Å². The molecule has 1 saturated heterocycles. The predicted octanol–water partition coefficient (Wildman–Crippen LogP) is 3.16. The number of aromatic nitrogens is 1.